The Bertz CT molecular complexity index is 1010. The van der Waals surface area contributed by atoms with Crippen molar-refractivity contribution in [3.05, 3.63) is 69.6 Å². The summed E-state index contributed by atoms with van der Waals surface area (Å²) in [6.45, 7) is 4.38. The average molecular weight is 411 g/mol. The first-order valence-electron chi connectivity index (χ1n) is 9.47. The van der Waals surface area contributed by atoms with Gasteiger partial charge in [-0.2, -0.15) is 0 Å². The molecule has 2 heterocycles. The Morgan fingerprint density at radius 1 is 1.07 bits per heavy atom. The third kappa shape index (κ3) is 4.55. The number of carbonyl (C=O) groups is 1. The molecule has 1 amide bonds. The summed E-state index contributed by atoms with van der Waals surface area (Å²) in [4.78, 5) is 28.1. The molecule has 1 fully saturated rings. The van der Waals surface area contributed by atoms with E-state index in [0.29, 0.717) is 24.6 Å². The number of para-hydroxylation sites is 1. The van der Waals surface area contributed by atoms with E-state index >= 15 is 0 Å². The number of nitro benzene ring substituents is 1. The Morgan fingerprint density at radius 2 is 1.83 bits per heavy atom. The van der Waals surface area contributed by atoms with Gasteiger partial charge in [0.25, 0.3) is 11.6 Å². The topological polar surface area (TPSA) is 75.9 Å². The highest BCUT2D eigenvalue weighted by atomic mass is 32.1. The van der Waals surface area contributed by atoms with Crippen molar-refractivity contribution in [1.82, 2.24) is 9.80 Å². The Kier molecular flexibility index (Phi) is 5.73. The lowest BCUT2D eigenvalue weighted by Gasteiger charge is -2.34. The second-order valence-electron chi connectivity index (χ2n) is 6.89. The smallest absolute Gasteiger partial charge is 0.270 e. The molecule has 3 aromatic rings. The van der Waals surface area contributed by atoms with Gasteiger partial charge in [-0.3, -0.25) is 19.8 Å². The van der Waals surface area contributed by atoms with Crippen molar-refractivity contribution in [2.45, 2.75) is 0 Å². The molecule has 0 atom stereocenters. The molecular formula is C21H21N3O4S. The van der Waals surface area contributed by atoms with Crippen LogP contribution in [0.25, 0.3) is 10.1 Å². The fraction of sp³-hybridized carbons (Fsp3) is 0.286. The first kappa shape index (κ1) is 19.4. The fourth-order valence-electron chi connectivity index (χ4n) is 3.39. The highest BCUT2D eigenvalue weighted by Gasteiger charge is 2.23. The maximum Gasteiger partial charge on any atom is 0.270 e. The van der Waals surface area contributed by atoms with Gasteiger partial charge in [0, 0.05) is 54.9 Å². The number of hydrogen-bond acceptors (Lipinski definition) is 6. The van der Waals surface area contributed by atoms with Gasteiger partial charge in [-0.15, -0.1) is 11.3 Å². The summed E-state index contributed by atoms with van der Waals surface area (Å²) in [5.74, 6) is 0.861. The Morgan fingerprint density at radius 3 is 2.55 bits per heavy atom. The molecule has 8 heteroatoms. The maximum absolute atomic E-state index is 12.9. The first-order chi connectivity index (χ1) is 14.1. The van der Waals surface area contributed by atoms with Gasteiger partial charge in [0.15, 0.2) is 0 Å². The molecule has 7 nitrogen and oxygen atoms in total. The molecule has 0 spiro atoms. The lowest BCUT2D eigenvalue weighted by Crippen LogP contribution is -2.49. The summed E-state index contributed by atoms with van der Waals surface area (Å²) in [6, 6.07) is 16.2. The van der Waals surface area contributed by atoms with Crippen molar-refractivity contribution in [1.29, 1.82) is 0 Å². The lowest BCUT2D eigenvalue weighted by molar-refractivity contribution is -0.384. The van der Waals surface area contributed by atoms with Gasteiger partial charge in [-0.1, -0.05) is 18.2 Å². The van der Waals surface area contributed by atoms with E-state index in [4.69, 9.17) is 4.74 Å². The standard InChI is InChI=1S/C21H21N3O4S/c25-21(20-15-16-14-17(24(26)27)6-7-19(16)29-20)23-10-8-22(9-11-23)12-13-28-18-4-2-1-3-5-18/h1-7,14-15H,8-13H2. The number of nitro groups is 1. The highest BCUT2D eigenvalue weighted by molar-refractivity contribution is 7.20. The van der Waals surface area contributed by atoms with Crippen LogP contribution in [-0.4, -0.2) is 60.0 Å². The highest BCUT2D eigenvalue weighted by Crippen LogP contribution is 2.30. The predicted octanol–water partition coefficient (Wildman–Crippen LogP) is 3.65. The zero-order valence-electron chi connectivity index (χ0n) is 15.8. The molecule has 1 aliphatic rings. The van der Waals surface area contributed by atoms with Gasteiger partial charge < -0.3 is 9.64 Å². The molecule has 0 radical (unpaired) electrons. The molecule has 0 bridgehead atoms. The van der Waals surface area contributed by atoms with E-state index in [1.54, 1.807) is 12.1 Å². The second kappa shape index (κ2) is 8.59. The van der Waals surface area contributed by atoms with Gasteiger partial charge in [-0.25, -0.2) is 0 Å². The molecule has 4 rings (SSSR count). The maximum atomic E-state index is 12.9. The number of thiophene rings is 1. The van der Waals surface area contributed by atoms with Crippen molar-refractivity contribution in [2.24, 2.45) is 0 Å². The van der Waals surface area contributed by atoms with Crippen molar-refractivity contribution in [3.63, 3.8) is 0 Å². The normalized spacial score (nSPS) is 14.8. The zero-order valence-corrected chi connectivity index (χ0v) is 16.6. The molecule has 29 heavy (non-hydrogen) atoms. The Hall–Kier alpha value is -2.97. The largest absolute Gasteiger partial charge is 0.492 e. The van der Waals surface area contributed by atoms with Crippen LogP contribution in [0, 0.1) is 10.1 Å². The van der Waals surface area contributed by atoms with Gasteiger partial charge in [0.2, 0.25) is 0 Å². The summed E-state index contributed by atoms with van der Waals surface area (Å²) in [6.07, 6.45) is 0. The number of amides is 1. The summed E-state index contributed by atoms with van der Waals surface area (Å²) >= 11 is 1.38. The van der Waals surface area contributed by atoms with E-state index in [2.05, 4.69) is 4.90 Å². The molecule has 150 valence electrons. The molecule has 1 aromatic heterocycles. The lowest BCUT2D eigenvalue weighted by atomic mass is 10.2. The van der Waals surface area contributed by atoms with Crippen molar-refractivity contribution >= 4 is 33.0 Å². The second-order valence-corrected chi connectivity index (χ2v) is 7.97. The van der Waals surface area contributed by atoms with Gasteiger partial charge in [-0.05, 0) is 24.3 Å². The van der Waals surface area contributed by atoms with Gasteiger partial charge in [0.05, 0.1) is 9.80 Å². The van der Waals surface area contributed by atoms with Crippen LogP contribution in [0.5, 0.6) is 5.75 Å². The minimum Gasteiger partial charge on any atom is -0.492 e. The Labute approximate surface area is 172 Å². The molecule has 0 unspecified atom stereocenters. The van der Waals surface area contributed by atoms with Crippen LogP contribution in [-0.2, 0) is 0 Å². The summed E-state index contributed by atoms with van der Waals surface area (Å²) in [5.41, 5.74) is 0.0423. The van der Waals surface area contributed by atoms with E-state index in [1.165, 1.54) is 23.5 Å². The number of non-ortho nitro benzene ring substituents is 1. The first-order valence-corrected chi connectivity index (χ1v) is 10.3. The minimum atomic E-state index is -0.417. The van der Waals surface area contributed by atoms with Gasteiger partial charge >= 0.3 is 0 Å². The number of ether oxygens (including phenoxy) is 1. The summed E-state index contributed by atoms with van der Waals surface area (Å²) < 4.78 is 6.63. The van der Waals surface area contributed by atoms with Crippen LogP contribution in [0.2, 0.25) is 0 Å². The van der Waals surface area contributed by atoms with Crippen LogP contribution < -0.4 is 4.74 Å². The van der Waals surface area contributed by atoms with Crippen LogP contribution in [0.15, 0.2) is 54.6 Å². The van der Waals surface area contributed by atoms with Crippen molar-refractivity contribution < 1.29 is 14.5 Å². The summed E-state index contributed by atoms with van der Waals surface area (Å²) in [5, 5.41) is 11.7. The molecule has 2 aromatic carbocycles. The van der Waals surface area contributed by atoms with E-state index in [9.17, 15) is 14.9 Å². The number of rotatable bonds is 6. The number of carbonyl (C=O) groups excluding carboxylic acids is 1. The third-order valence-corrected chi connectivity index (χ3v) is 6.10. The number of fused-ring (bicyclic) bond motifs is 1. The van der Waals surface area contributed by atoms with Gasteiger partial charge in [0.1, 0.15) is 12.4 Å². The van der Waals surface area contributed by atoms with Crippen LogP contribution in [0.3, 0.4) is 0 Å². The monoisotopic (exact) mass is 411 g/mol. The Balaban J connectivity index is 1.30. The average Bonchev–Trinajstić information content (AvgIpc) is 3.18. The molecule has 0 aliphatic carbocycles. The zero-order chi connectivity index (χ0) is 20.2. The quantitative estimate of drug-likeness (QED) is 0.457. The minimum absolute atomic E-state index is 0.00552. The number of benzene rings is 2. The molecule has 0 N–H and O–H groups in total. The van der Waals surface area contributed by atoms with Crippen molar-refractivity contribution in [2.75, 3.05) is 39.3 Å². The number of piperazine rings is 1. The van der Waals surface area contributed by atoms with E-state index < -0.39 is 4.92 Å². The third-order valence-electron chi connectivity index (χ3n) is 5.00. The predicted molar refractivity (Wildman–Crippen MR) is 113 cm³/mol. The van der Waals surface area contributed by atoms with Crippen LogP contribution >= 0.6 is 11.3 Å². The fourth-order valence-corrected chi connectivity index (χ4v) is 4.40. The van der Waals surface area contributed by atoms with Crippen LogP contribution in [0.1, 0.15) is 9.67 Å². The SMILES string of the molecule is O=C(c1cc2cc([N+](=O)[O-])ccc2s1)N1CCN(CCOc2ccccc2)CC1. The summed E-state index contributed by atoms with van der Waals surface area (Å²) in [7, 11) is 0. The molecular weight excluding hydrogens is 390 g/mol. The molecule has 1 saturated heterocycles. The number of hydrogen-bond donors (Lipinski definition) is 0. The number of nitrogens with zero attached hydrogens (tertiary/aromatic N) is 3. The molecule has 1 aliphatic heterocycles. The van der Waals surface area contributed by atoms with Crippen LogP contribution in [0.4, 0.5) is 5.69 Å². The van der Waals surface area contributed by atoms with E-state index in [0.717, 1.165) is 35.5 Å². The molecule has 0 saturated carbocycles. The van der Waals surface area contributed by atoms with Crippen molar-refractivity contribution in [3.8, 4) is 5.75 Å². The van der Waals surface area contributed by atoms with E-state index in [1.807, 2.05) is 35.2 Å². The van der Waals surface area contributed by atoms with E-state index in [-0.39, 0.29) is 11.6 Å².